The number of hydrogen-bond acceptors (Lipinski definition) is 4. The maximum Gasteiger partial charge on any atom is 0.266 e. The third-order valence-electron chi connectivity index (χ3n) is 4.33. The van der Waals surface area contributed by atoms with E-state index in [1.807, 2.05) is 66.7 Å². The third-order valence-corrected chi connectivity index (χ3v) is 5.58. The summed E-state index contributed by atoms with van der Waals surface area (Å²) in [5.74, 6) is 1.39. The first-order chi connectivity index (χ1) is 13.7. The number of para-hydroxylation sites is 1. The van der Waals surface area contributed by atoms with Gasteiger partial charge in [-0.2, -0.15) is 0 Å². The summed E-state index contributed by atoms with van der Waals surface area (Å²) in [5.41, 5.74) is 2.41. The molecule has 28 heavy (non-hydrogen) atoms. The Morgan fingerprint density at radius 1 is 1.04 bits per heavy atom. The van der Waals surface area contributed by atoms with E-state index < -0.39 is 0 Å². The molecule has 0 saturated carbocycles. The molecule has 0 bridgehead atoms. The van der Waals surface area contributed by atoms with Gasteiger partial charge in [0, 0.05) is 10.8 Å². The van der Waals surface area contributed by atoms with E-state index in [0.717, 1.165) is 17.0 Å². The molecular weight excluding hydrogens is 392 g/mol. The number of fused-ring (bicyclic) bond motifs is 1. The predicted octanol–water partition coefficient (Wildman–Crippen LogP) is 5.34. The van der Waals surface area contributed by atoms with Gasteiger partial charge in [-0.1, -0.05) is 47.6 Å². The minimum atomic E-state index is -0.0932. The molecule has 0 radical (unpaired) electrons. The van der Waals surface area contributed by atoms with Crippen LogP contribution in [-0.4, -0.2) is 16.7 Å². The minimum absolute atomic E-state index is 0.0932. The Balaban J connectivity index is 1.81. The van der Waals surface area contributed by atoms with Crippen LogP contribution >= 0.6 is 23.4 Å². The molecule has 0 amide bonds. The number of hydrogen-bond donors (Lipinski definition) is 0. The van der Waals surface area contributed by atoms with Crippen LogP contribution in [-0.2, 0) is 5.75 Å². The van der Waals surface area contributed by atoms with E-state index in [0.29, 0.717) is 26.8 Å². The molecule has 0 spiro atoms. The van der Waals surface area contributed by atoms with E-state index in [2.05, 4.69) is 0 Å². The summed E-state index contributed by atoms with van der Waals surface area (Å²) in [6.45, 7) is 0. The average Bonchev–Trinajstić information content (AvgIpc) is 2.73. The molecule has 3 aromatic carbocycles. The van der Waals surface area contributed by atoms with Gasteiger partial charge in [0.05, 0.1) is 23.7 Å². The van der Waals surface area contributed by atoms with Gasteiger partial charge in [0.2, 0.25) is 0 Å². The molecule has 0 fully saturated rings. The van der Waals surface area contributed by atoms with Gasteiger partial charge in [-0.15, -0.1) is 0 Å². The first-order valence-electron chi connectivity index (χ1n) is 8.69. The minimum Gasteiger partial charge on any atom is -0.497 e. The van der Waals surface area contributed by atoms with Crippen molar-refractivity contribution in [3.05, 3.63) is 93.7 Å². The first-order valence-corrected chi connectivity index (χ1v) is 10.1. The number of thioether (sulfide) groups is 1. The van der Waals surface area contributed by atoms with Crippen LogP contribution in [0.4, 0.5) is 0 Å². The highest BCUT2D eigenvalue weighted by Gasteiger charge is 2.13. The van der Waals surface area contributed by atoms with Crippen LogP contribution in [0.15, 0.2) is 82.7 Å². The second-order valence-electron chi connectivity index (χ2n) is 6.17. The Labute approximate surface area is 171 Å². The number of methoxy groups -OCH3 is 1. The molecule has 0 aliphatic rings. The van der Waals surface area contributed by atoms with Crippen LogP contribution in [0.3, 0.4) is 0 Å². The molecule has 0 saturated heterocycles. The van der Waals surface area contributed by atoms with Gasteiger partial charge < -0.3 is 4.74 Å². The highest BCUT2D eigenvalue weighted by atomic mass is 35.5. The second-order valence-corrected chi connectivity index (χ2v) is 7.55. The summed E-state index contributed by atoms with van der Waals surface area (Å²) < 4.78 is 6.88. The molecule has 0 unspecified atom stereocenters. The lowest BCUT2D eigenvalue weighted by Crippen LogP contribution is -2.21. The number of benzene rings is 3. The molecule has 4 nitrogen and oxygen atoms in total. The van der Waals surface area contributed by atoms with E-state index >= 15 is 0 Å². The zero-order valence-electron chi connectivity index (χ0n) is 15.1. The van der Waals surface area contributed by atoms with Crippen LogP contribution in [0.2, 0.25) is 5.02 Å². The fourth-order valence-corrected chi connectivity index (χ4v) is 4.11. The molecule has 0 aliphatic carbocycles. The summed E-state index contributed by atoms with van der Waals surface area (Å²) in [5, 5.41) is 1.91. The van der Waals surface area contributed by atoms with E-state index in [4.69, 9.17) is 21.3 Å². The molecule has 1 heterocycles. The Hall–Kier alpha value is -2.76. The quantitative estimate of drug-likeness (QED) is 0.330. The van der Waals surface area contributed by atoms with Crippen molar-refractivity contribution in [2.45, 2.75) is 10.9 Å². The van der Waals surface area contributed by atoms with Crippen molar-refractivity contribution in [2.24, 2.45) is 0 Å². The Morgan fingerprint density at radius 3 is 2.57 bits per heavy atom. The van der Waals surface area contributed by atoms with Gasteiger partial charge in [-0.3, -0.25) is 9.36 Å². The van der Waals surface area contributed by atoms with Crippen LogP contribution in [0.5, 0.6) is 5.75 Å². The van der Waals surface area contributed by atoms with Crippen molar-refractivity contribution in [1.29, 1.82) is 0 Å². The fourth-order valence-electron chi connectivity index (χ4n) is 2.94. The number of aromatic nitrogens is 2. The lowest BCUT2D eigenvalue weighted by atomic mass is 10.2. The molecule has 6 heteroatoms. The van der Waals surface area contributed by atoms with Crippen molar-refractivity contribution >= 4 is 34.3 Å². The Morgan fingerprint density at radius 2 is 1.82 bits per heavy atom. The predicted molar refractivity (Wildman–Crippen MR) is 115 cm³/mol. The van der Waals surface area contributed by atoms with Crippen molar-refractivity contribution in [3.8, 4) is 11.4 Å². The molecule has 0 atom stereocenters. The largest absolute Gasteiger partial charge is 0.497 e. The van der Waals surface area contributed by atoms with Crippen LogP contribution in [0.1, 0.15) is 5.56 Å². The second kappa shape index (κ2) is 8.09. The summed E-state index contributed by atoms with van der Waals surface area (Å²) in [4.78, 5) is 18.0. The number of rotatable bonds is 5. The zero-order chi connectivity index (χ0) is 19.5. The van der Waals surface area contributed by atoms with Crippen LogP contribution in [0, 0.1) is 0 Å². The van der Waals surface area contributed by atoms with Gasteiger partial charge in [-0.05, 0) is 54.1 Å². The lowest BCUT2D eigenvalue weighted by Gasteiger charge is -2.13. The van der Waals surface area contributed by atoms with E-state index in [1.54, 1.807) is 17.7 Å². The van der Waals surface area contributed by atoms with Gasteiger partial charge in [-0.25, -0.2) is 4.98 Å². The summed E-state index contributed by atoms with van der Waals surface area (Å²) in [6, 6.07) is 22.5. The standard InChI is InChI=1S/C22H17ClN2O2S/c1-27-18-11-9-17(10-12-18)25-21(26)19-7-2-3-8-20(19)24-22(25)28-14-15-5-4-6-16(23)13-15/h2-13H,14H2,1H3. The summed E-state index contributed by atoms with van der Waals surface area (Å²) in [7, 11) is 1.62. The molecule has 4 rings (SSSR count). The van der Waals surface area contributed by atoms with E-state index in [9.17, 15) is 4.79 Å². The highest BCUT2D eigenvalue weighted by Crippen LogP contribution is 2.26. The maximum atomic E-state index is 13.2. The topological polar surface area (TPSA) is 44.1 Å². The van der Waals surface area contributed by atoms with Crippen LogP contribution in [0.25, 0.3) is 16.6 Å². The van der Waals surface area contributed by atoms with Crippen molar-refractivity contribution in [2.75, 3.05) is 7.11 Å². The van der Waals surface area contributed by atoms with Crippen LogP contribution < -0.4 is 10.3 Å². The normalized spacial score (nSPS) is 10.9. The highest BCUT2D eigenvalue weighted by molar-refractivity contribution is 7.98. The average molecular weight is 409 g/mol. The first kappa shape index (κ1) is 18.6. The van der Waals surface area contributed by atoms with Crippen molar-refractivity contribution in [3.63, 3.8) is 0 Å². The molecule has 4 aromatic rings. The van der Waals surface area contributed by atoms with Gasteiger partial charge in [0.25, 0.3) is 5.56 Å². The summed E-state index contributed by atoms with van der Waals surface area (Å²) in [6.07, 6.45) is 0. The maximum absolute atomic E-state index is 13.2. The van der Waals surface area contributed by atoms with Crippen molar-refractivity contribution in [1.82, 2.24) is 9.55 Å². The third kappa shape index (κ3) is 3.77. The van der Waals surface area contributed by atoms with Gasteiger partial charge >= 0.3 is 0 Å². The number of halogens is 1. The molecule has 1 aromatic heterocycles. The molecule has 0 N–H and O–H groups in total. The van der Waals surface area contributed by atoms with Gasteiger partial charge in [0.15, 0.2) is 5.16 Å². The Kier molecular flexibility index (Phi) is 5.37. The van der Waals surface area contributed by atoms with Crippen molar-refractivity contribution < 1.29 is 4.74 Å². The smallest absolute Gasteiger partial charge is 0.266 e. The lowest BCUT2D eigenvalue weighted by molar-refractivity contribution is 0.414. The van der Waals surface area contributed by atoms with E-state index in [1.165, 1.54) is 11.8 Å². The summed E-state index contributed by atoms with van der Waals surface area (Å²) >= 11 is 7.60. The monoisotopic (exact) mass is 408 g/mol. The SMILES string of the molecule is COc1ccc(-n2c(SCc3cccc(Cl)c3)nc3ccccc3c2=O)cc1. The molecular formula is C22H17ClN2O2S. The fraction of sp³-hybridized carbons (Fsp3) is 0.0909. The Bertz CT molecular complexity index is 1190. The number of nitrogens with zero attached hydrogens (tertiary/aromatic N) is 2. The molecule has 0 aliphatic heterocycles. The van der Waals surface area contributed by atoms with E-state index in [-0.39, 0.29) is 5.56 Å². The van der Waals surface area contributed by atoms with Gasteiger partial charge in [0.1, 0.15) is 5.75 Å². The number of ether oxygens (including phenoxy) is 1. The molecule has 140 valence electrons. The zero-order valence-corrected chi connectivity index (χ0v) is 16.7.